The van der Waals surface area contributed by atoms with Gasteiger partial charge in [-0.3, -0.25) is 0 Å². The van der Waals surface area contributed by atoms with Crippen molar-refractivity contribution in [2.45, 2.75) is 13.5 Å². The summed E-state index contributed by atoms with van der Waals surface area (Å²) in [7, 11) is 1.94. The van der Waals surface area contributed by atoms with Gasteiger partial charge < -0.3 is 14.8 Å². The van der Waals surface area contributed by atoms with E-state index in [0.29, 0.717) is 13.2 Å². The summed E-state index contributed by atoms with van der Waals surface area (Å²) in [5.41, 5.74) is 2.50. The van der Waals surface area contributed by atoms with Crippen LogP contribution in [0.4, 0.5) is 0 Å². The Morgan fingerprint density at radius 3 is 2.50 bits per heavy atom. The van der Waals surface area contributed by atoms with E-state index in [2.05, 4.69) is 18.3 Å². The zero-order chi connectivity index (χ0) is 9.97. The molecule has 14 heavy (non-hydrogen) atoms. The highest BCUT2D eigenvalue weighted by molar-refractivity contribution is 5.47. The minimum absolute atomic E-state index is 0.648. The SMILES string of the molecule is CNCc1cc2c(cc1C)OCCO2. The number of hydrogen-bond donors (Lipinski definition) is 1. The average molecular weight is 193 g/mol. The van der Waals surface area contributed by atoms with Gasteiger partial charge in [0.1, 0.15) is 13.2 Å². The molecule has 0 amide bonds. The van der Waals surface area contributed by atoms with Crippen LogP contribution in [0.15, 0.2) is 12.1 Å². The van der Waals surface area contributed by atoms with Gasteiger partial charge in [0.25, 0.3) is 0 Å². The fraction of sp³-hybridized carbons (Fsp3) is 0.455. The van der Waals surface area contributed by atoms with Crippen LogP contribution in [0.1, 0.15) is 11.1 Å². The van der Waals surface area contributed by atoms with E-state index in [0.717, 1.165) is 18.0 Å². The molecule has 0 unspecified atom stereocenters. The molecule has 0 fully saturated rings. The lowest BCUT2D eigenvalue weighted by molar-refractivity contribution is 0.171. The molecule has 0 radical (unpaired) electrons. The Hall–Kier alpha value is -1.22. The monoisotopic (exact) mass is 193 g/mol. The van der Waals surface area contributed by atoms with Crippen molar-refractivity contribution in [3.05, 3.63) is 23.3 Å². The van der Waals surface area contributed by atoms with E-state index in [9.17, 15) is 0 Å². The number of benzene rings is 1. The predicted octanol–water partition coefficient (Wildman–Crippen LogP) is 1.49. The number of rotatable bonds is 2. The van der Waals surface area contributed by atoms with Gasteiger partial charge in [0.15, 0.2) is 11.5 Å². The molecule has 3 nitrogen and oxygen atoms in total. The van der Waals surface area contributed by atoms with Gasteiger partial charge in [-0.05, 0) is 37.2 Å². The van der Waals surface area contributed by atoms with Crippen molar-refractivity contribution < 1.29 is 9.47 Å². The maximum Gasteiger partial charge on any atom is 0.161 e. The second-order valence-electron chi connectivity index (χ2n) is 3.45. The van der Waals surface area contributed by atoms with E-state index < -0.39 is 0 Å². The third-order valence-corrected chi connectivity index (χ3v) is 2.37. The summed E-state index contributed by atoms with van der Waals surface area (Å²) in [6.07, 6.45) is 0. The van der Waals surface area contributed by atoms with Crippen LogP contribution in [0.2, 0.25) is 0 Å². The van der Waals surface area contributed by atoms with Crippen molar-refractivity contribution in [1.29, 1.82) is 0 Å². The molecule has 1 aliphatic heterocycles. The van der Waals surface area contributed by atoms with Gasteiger partial charge in [-0.15, -0.1) is 0 Å². The molecule has 0 aromatic heterocycles. The van der Waals surface area contributed by atoms with Gasteiger partial charge in [0, 0.05) is 6.54 Å². The summed E-state index contributed by atoms with van der Waals surface area (Å²) >= 11 is 0. The number of fused-ring (bicyclic) bond motifs is 1. The molecule has 3 heteroatoms. The lowest BCUT2D eigenvalue weighted by Gasteiger charge is -2.20. The molecule has 1 aromatic rings. The van der Waals surface area contributed by atoms with Gasteiger partial charge in [0.2, 0.25) is 0 Å². The standard InChI is InChI=1S/C11H15NO2/c1-8-5-10-11(14-4-3-13-10)6-9(8)7-12-2/h5-6,12H,3-4,7H2,1-2H3. The summed E-state index contributed by atoms with van der Waals surface area (Å²) in [5.74, 6) is 1.74. The molecule has 0 atom stereocenters. The van der Waals surface area contributed by atoms with E-state index in [1.165, 1.54) is 11.1 Å². The number of hydrogen-bond acceptors (Lipinski definition) is 3. The summed E-state index contributed by atoms with van der Waals surface area (Å²) in [6, 6.07) is 4.10. The maximum absolute atomic E-state index is 5.51. The Morgan fingerprint density at radius 1 is 1.21 bits per heavy atom. The smallest absolute Gasteiger partial charge is 0.161 e. The molecule has 1 heterocycles. The van der Waals surface area contributed by atoms with Crippen LogP contribution >= 0.6 is 0 Å². The molecule has 0 saturated heterocycles. The van der Waals surface area contributed by atoms with Crippen LogP contribution in [0.3, 0.4) is 0 Å². The molecule has 1 N–H and O–H groups in total. The van der Waals surface area contributed by atoms with Crippen LogP contribution < -0.4 is 14.8 Å². The van der Waals surface area contributed by atoms with Crippen LogP contribution in [0.25, 0.3) is 0 Å². The number of aryl methyl sites for hydroxylation is 1. The predicted molar refractivity (Wildman–Crippen MR) is 54.9 cm³/mol. The highest BCUT2D eigenvalue weighted by atomic mass is 16.6. The molecule has 0 saturated carbocycles. The Balaban J connectivity index is 2.35. The fourth-order valence-corrected chi connectivity index (χ4v) is 1.61. The first kappa shape index (κ1) is 9.34. The molecule has 1 aromatic carbocycles. The van der Waals surface area contributed by atoms with Gasteiger partial charge in [0.05, 0.1) is 0 Å². The molecule has 76 valence electrons. The average Bonchev–Trinajstić information content (AvgIpc) is 2.19. The van der Waals surface area contributed by atoms with Crippen molar-refractivity contribution in [2.75, 3.05) is 20.3 Å². The first-order valence-corrected chi connectivity index (χ1v) is 4.85. The maximum atomic E-state index is 5.51. The normalized spacial score (nSPS) is 14.1. The lowest BCUT2D eigenvalue weighted by atomic mass is 10.1. The van der Waals surface area contributed by atoms with E-state index in [4.69, 9.17) is 9.47 Å². The minimum Gasteiger partial charge on any atom is -0.486 e. The van der Waals surface area contributed by atoms with Crippen molar-refractivity contribution in [3.63, 3.8) is 0 Å². The summed E-state index contributed by atoms with van der Waals surface area (Å²) in [6.45, 7) is 4.25. The highest BCUT2D eigenvalue weighted by Gasteiger charge is 2.13. The molecule has 0 spiro atoms. The fourth-order valence-electron chi connectivity index (χ4n) is 1.61. The van der Waals surface area contributed by atoms with Gasteiger partial charge in [-0.1, -0.05) is 0 Å². The van der Waals surface area contributed by atoms with Crippen molar-refractivity contribution >= 4 is 0 Å². The summed E-state index contributed by atoms with van der Waals surface area (Å²) in [4.78, 5) is 0. The van der Waals surface area contributed by atoms with E-state index in [-0.39, 0.29) is 0 Å². The molecule has 1 aliphatic rings. The van der Waals surface area contributed by atoms with E-state index in [1.807, 2.05) is 13.1 Å². The Labute approximate surface area is 84.0 Å². The summed E-state index contributed by atoms with van der Waals surface area (Å²) in [5, 5.41) is 3.14. The highest BCUT2D eigenvalue weighted by Crippen LogP contribution is 2.32. The molecular formula is C11H15NO2. The van der Waals surface area contributed by atoms with Crippen molar-refractivity contribution in [1.82, 2.24) is 5.32 Å². The molecule has 2 rings (SSSR count). The third kappa shape index (κ3) is 1.68. The largest absolute Gasteiger partial charge is 0.486 e. The van der Waals surface area contributed by atoms with Crippen molar-refractivity contribution in [2.24, 2.45) is 0 Å². The summed E-state index contributed by atoms with van der Waals surface area (Å²) < 4.78 is 11.0. The van der Waals surface area contributed by atoms with Gasteiger partial charge in [-0.2, -0.15) is 0 Å². The number of nitrogens with one attached hydrogen (secondary N) is 1. The van der Waals surface area contributed by atoms with Crippen LogP contribution in [0.5, 0.6) is 11.5 Å². The van der Waals surface area contributed by atoms with Crippen molar-refractivity contribution in [3.8, 4) is 11.5 Å². The minimum atomic E-state index is 0.648. The van der Waals surface area contributed by atoms with Gasteiger partial charge in [-0.25, -0.2) is 0 Å². The first-order valence-electron chi connectivity index (χ1n) is 4.85. The zero-order valence-electron chi connectivity index (χ0n) is 8.59. The van der Waals surface area contributed by atoms with Crippen LogP contribution in [0, 0.1) is 6.92 Å². The Kier molecular flexibility index (Phi) is 2.59. The van der Waals surface area contributed by atoms with E-state index >= 15 is 0 Å². The Bertz CT molecular complexity index is 336. The van der Waals surface area contributed by atoms with Crippen LogP contribution in [-0.4, -0.2) is 20.3 Å². The Morgan fingerprint density at radius 2 is 1.86 bits per heavy atom. The lowest BCUT2D eigenvalue weighted by Crippen LogP contribution is -2.16. The van der Waals surface area contributed by atoms with Gasteiger partial charge >= 0.3 is 0 Å². The first-order chi connectivity index (χ1) is 6.81. The quantitative estimate of drug-likeness (QED) is 0.771. The number of ether oxygens (including phenoxy) is 2. The second kappa shape index (κ2) is 3.88. The molecular weight excluding hydrogens is 178 g/mol. The topological polar surface area (TPSA) is 30.5 Å². The molecule has 0 bridgehead atoms. The van der Waals surface area contributed by atoms with E-state index in [1.54, 1.807) is 0 Å². The zero-order valence-corrected chi connectivity index (χ0v) is 8.59. The second-order valence-corrected chi connectivity index (χ2v) is 3.45. The van der Waals surface area contributed by atoms with Crippen LogP contribution in [-0.2, 0) is 6.54 Å². The molecule has 0 aliphatic carbocycles. The third-order valence-electron chi connectivity index (χ3n) is 2.37.